The zero-order chi connectivity index (χ0) is 11.2. The number of fused-ring (bicyclic) bond motifs is 1. The minimum absolute atomic E-state index is 0.114. The molecule has 82 valence electrons. The van der Waals surface area contributed by atoms with Crippen LogP contribution in [0.4, 0.5) is 0 Å². The van der Waals surface area contributed by atoms with Gasteiger partial charge in [0.2, 0.25) is 0 Å². The van der Waals surface area contributed by atoms with Crippen LogP contribution in [0.3, 0.4) is 0 Å². The van der Waals surface area contributed by atoms with Crippen molar-refractivity contribution in [1.29, 1.82) is 0 Å². The third kappa shape index (κ3) is 1.40. The Kier molecular flexibility index (Phi) is 1.84. The SMILES string of the molecule is O=C(O)CC1(c2ccc3occc3c2)CC1. The predicted octanol–water partition coefficient (Wildman–Crippen LogP) is 2.94. The fourth-order valence-electron chi connectivity index (χ4n) is 2.30. The van der Waals surface area contributed by atoms with Gasteiger partial charge >= 0.3 is 5.97 Å². The quantitative estimate of drug-likeness (QED) is 0.858. The summed E-state index contributed by atoms with van der Waals surface area (Å²) in [5, 5.41) is 9.96. The van der Waals surface area contributed by atoms with Gasteiger partial charge in [-0.25, -0.2) is 0 Å². The molecule has 2 aromatic rings. The number of benzene rings is 1. The second kappa shape index (κ2) is 3.11. The van der Waals surface area contributed by atoms with Crippen molar-refractivity contribution in [2.45, 2.75) is 24.7 Å². The lowest BCUT2D eigenvalue weighted by molar-refractivity contribution is -0.137. The lowest BCUT2D eigenvalue weighted by Crippen LogP contribution is -2.12. The van der Waals surface area contributed by atoms with E-state index in [9.17, 15) is 4.79 Å². The smallest absolute Gasteiger partial charge is 0.304 e. The van der Waals surface area contributed by atoms with Crippen LogP contribution in [0.5, 0.6) is 0 Å². The lowest BCUT2D eigenvalue weighted by atomic mass is 9.92. The van der Waals surface area contributed by atoms with Gasteiger partial charge in [0.25, 0.3) is 0 Å². The summed E-state index contributed by atoms with van der Waals surface area (Å²) in [7, 11) is 0. The monoisotopic (exact) mass is 216 g/mol. The molecule has 3 nitrogen and oxygen atoms in total. The van der Waals surface area contributed by atoms with Crippen LogP contribution in [0.2, 0.25) is 0 Å². The first-order valence-electron chi connectivity index (χ1n) is 5.39. The highest BCUT2D eigenvalue weighted by Gasteiger charge is 2.45. The molecule has 0 aliphatic heterocycles. The molecule has 0 atom stereocenters. The highest BCUT2D eigenvalue weighted by molar-refractivity contribution is 5.79. The maximum Gasteiger partial charge on any atom is 0.304 e. The van der Waals surface area contributed by atoms with Crippen LogP contribution >= 0.6 is 0 Å². The Bertz CT molecular complexity index is 549. The largest absolute Gasteiger partial charge is 0.481 e. The van der Waals surface area contributed by atoms with Crippen molar-refractivity contribution < 1.29 is 14.3 Å². The normalized spacial score (nSPS) is 17.5. The summed E-state index contributed by atoms with van der Waals surface area (Å²) in [4.78, 5) is 10.8. The van der Waals surface area contributed by atoms with Gasteiger partial charge in [-0.1, -0.05) is 6.07 Å². The molecule has 1 N–H and O–H groups in total. The predicted molar refractivity (Wildman–Crippen MR) is 59.4 cm³/mol. The maximum absolute atomic E-state index is 10.8. The van der Waals surface area contributed by atoms with Crippen LogP contribution in [0.15, 0.2) is 34.9 Å². The molecule has 0 saturated heterocycles. The highest BCUT2D eigenvalue weighted by atomic mass is 16.4. The van der Waals surface area contributed by atoms with Crippen LogP contribution in [-0.2, 0) is 10.2 Å². The van der Waals surface area contributed by atoms with Crippen LogP contribution in [-0.4, -0.2) is 11.1 Å². The summed E-state index contributed by atoms with van der Waals surface area (Å²) in [6, 6.07) is 7.87. The van der Waals surface area contributed by atoms with E-state index in [0.29, 0.717) is 0 Å². The minimum atomic E-state index is -0.718. The third-order valence-corrected chi connectivity index (χ3v) is 3.41. The molecular weight excluding hydrogens is 204 g/mol. The Hall–Kier alpha value is -1.77. The van der Waals surface area contributed by atoms with Crippen molar-refractivity contribution in [3.63, 3.8) is 0 Å². The van der Waals surface area contributed by atoms with Crippen molar-refractivity contribution in [2.75, 3.05) is 0 Å². The Labute approximate surface area is 92.7 Å². The van der Waals surface area contributed by atoms with Gasteiger partial charge in [-0.05, 0) is 36.6 Å². The zero-order valence-corrected chi connectivity index (χ0v) is 8.77. The van der Waals surface area contributed by atoms with Crippen molar-refractivity contribution >= 4 is 16.9 Å². The molecule has 0 bridgehead atoms. The number of carbonyl (C=O) groups is 1. The maximum atomic E-state index is 10.8. The second-order valence-electron chi connectivity index (χ2n) is 4.52. The van der Waals surface area contributed by atoms with Gasteiger partial charge in [-0.2, -0.15) is 0 Å². The molecule has 3 heteroatoms. The van der Waals surface area contributed by atoms with Gasteiger partial charge in [0, 0.05) is 10.8 Å². The third-order valence-electron chi connectivity index (χ3n) is 3.41. The van der Waals surface area contributed by atoms with Crippen LogP contribution < -0.4 is 0 Å². The first-order valence-corrected chi connectivity index (χ1v) is 5.39. The number of rotatable bonds is 3. The molecule has 1 aromatic carbocycles. The molecule has 0 unspecified atom stereocenters. The van der Waals surface area contributed by atoms with E-state index in [0.717, 1.165) is 29.4 Å². The standard InChI is InChI=1S/C13H12O3/c14-12(15)8-13(4-5-13)10-1-2-11-9(7-10)3-6-16-11/h1-3,6-7H,4-5,8H2,(H,14,15). The average Bonchev–Trinajstić information content (AvgIpc) is 2.87. The number of carboxylic acids is 1. The molecule has 0 amide bonds. The van der Waals surface area contributed by atoms with E-state index in [1.54, 1.807) is 6.26 Å². The van der Waals surface area contributed by atoms with E-state index in [4.69, 9.17) is 9.52 Å². The van der Waals surface area contributed by atoms with Gasteiger partial charge in [-0.15, -0.1) is 0 Å². The first-order chi connectivity index (χ1) is 7.70. The second-order valence-corrected chi connectivity index (χ2v) is 4.52. The number of carboxylic acid groups (broad SMARTS) is 1. The van der Waals surface area contributed by atoms with E-state index in [1.807, 2.05) is 18.2 Å². The average molecular weight is 216 g/mol. The molecule has 3 rings (SSSR count). The molecule has 1 aliphatic rings. The summed E-state index contributed by atoms with van der Waals surface area (Å²) in [6.45, 7) is 0. The van der Waals surface area contributed by atoms with Crippen molar-refractivity contribution in [1.82, 2.24) is 0 Å². The molecule has 1 aromatic heterocycles. The fraction of sp³-hybridized carbons (Fsp3) is 0.308. The van der Waals surface area contributed by atoms with E-state index in [-0.39, 0.29) is 11.8 Å². The van der Waals surface area contributed by atoms with Crippen molar-refractivity contribution in [3.05, 3.63) is 36.1 Å². The molecule has 1 aliphatic carbocycles. The topological polar surface area (TPSA) is 50.4 Å². The number of hydrogen-bond acceptors (Lipinski definition) is 2. The number of aliphatic carboxylic acids is 1. The fourth-order valence-corrected chi connectivity index (χ4v) is 2.30. The zero-order valence-electron chi connectivity index (χ0n) is 8.77. The van der Waals surface area contributed by atoms with E-state index in [1.165, 1.54) is 0 Å². The molecule has 16 heavy (non-hydrogen) atoms. The van der Waals surface area contributed by atoms with E-state index in [2.05, 4.69) is 6.07 Å². The van der Waals surface area contributed by atoms with Crippen LogP contribution in [0, 0.1) is 0 Å². The summed E-state index contributed by atoms with van der Waals surface area (Å²) in [6.07, 6.45) is 3.84. The first kappa shape index (κ1) is 9.46. The van der Waals surface area contributed by atoms with Crippen molar-refractivity contribution in [3.8, 4) is 0 Å². The molecule has 0 radical (unpaired) electrons. The van der Waals surface area contributed by atoms with Crippen molar-refractivity contribution in [2.24, 2.45) is 0 Å². The highest BCUT2D eigenvalue weighted by Crippen LogP contribution is 2.51. The minimum Gasteiger partial charge on any atom is -0.481 e. The van der Waals surface area contributed by atoms with Gasteiger partial charge in [0.1, 0.15) is 5.58 Å². The molecule has 1 saturated carbocycles. The van der Waals surface area contributed by atoms with Gasteiger partial charge in [-0.3, -0.25) is 4.79 Å². The molecule has 1 fully saturated rings. The molecular formula is C13H12O3. The lowest BCUT2D eigenvalue weighted by Gasteiger charge is -2.12. The Morgan fingerprint density at radius 1 is 1.38 bits per heavy atom. The number of furan rings is 1. The van der Waals surface area contributed by atoms with Crippen LogP contribution in [0.1, 0.15) is 24.8 Å². The van der Waals surface area contributed by atoms with Gasteiger partial charge in [0.05, 0.1) is 12.7 Å². The molecule has 0 spiro atoms. The summed E-state index contributed by atoms with van der Waals surface area (Å²) in [5.74, 6) is -0.718. The van der Waals surface area contributed by atoms with E-state index < -0.39 is 5.97 Å². The Morgan fingerprint density at radius 2 is 2.19 bits per heavy atom. The summed E-state index contributed by atoms with van der Waals surface area (Å²) >= 11 is 0. The van der Waals surface area contributed by atoms with Crippen LogP contribution in [0.25, 0.3) is 11.0 Å². The number of hydrogen-bond donors (Lipinski definition) is 1. The van der Waals surface area contributed by atoms with E-state index >= 15 is 0 Å². The Balaban J connectivity index is 2.02. The molecule has 1 heterocycles. The summed E-state index contributed by atoms with van der Waals surface area (Å²) in [5.41, 5.74) is 1.87. The summed E-state index contributed by atoms with van der Waals surface area (Å²) < 4.78 is 5.27. The van der Waals surface area contributed by atoms with Gasteiger partial charge in [0.15, 0.2) is 0 Å². The Morgan fingerprint density at radius 3 is 2.88 bits per heavy atom. The van der Waals surface area contributed by atoms with Gasteiger partial charge < -0.3 is 9.52 Å².